The van der Waals surface area contributed by atoms with Gasteiger partial charge in [0, 0.05) is 6.54 Å². The van der Waals surface area contributed by atoms with Gasteiger partial charge in [-0.3, -0.25) is 4.79 Å². The number of nitrogens with two attached hydrogens (primary N) is 1. The number of rotatable bonds is 3. The number of amides is 1. The van der Waals surface area contributed by atoms with Crippen molar-refractivity contribution in [2.24, 2.45) is 5.73 Å². The van der Waals surface area contributed by atoms with E-state index in [2.05, 4.69) is 5.32 Å². The predicted octanol–water partition coefficient (Wildman–Crippen LogP) is 1.13. The third-order valence-corrected chi connectivity index (χ3v) is 1.90. The van der Waals surface area contributed by atoms with Gasteiger partial charge in [-0.15, -0.1) is 12.4 Å². The first kappa shape index (κ1) is 13.9. The van der Waals surface area contributed by atoms with E-state index in [1.807, 2.05) is 0 Å². The first-order valence-corrected chi connectivity index (χ1v) is 4.35. The topological polar surface area (TPSA) is 55.1 Å². The SMILES string of the molecule is Cc1cc(CNC(=O)CN)ccc1F.Cl. The number of hydrogen-bond acceptors (Lipinski definition) is 2. The van der Waals surface area contributed by atoms with Crippen LogP contribution in [0.5, 0.6) is 0 Å². The molecule has 0 heterocycles. The van der Waals surface area contributed by atoms with Crippen LogP contribution in [0.15, 0.2) is 18.2 Å². The fourth-order valence-corrected chi connectivity index (χ4v) is 1.09. The molecular formula is C10H14ClFN2O. The molecule has 1 rings (SSSR count). The van der Waals surface area contributed by atoms with Gasteiger partial charge in [-0.2, -0.15) is 0 Å². The van der Waals surface area contributed by atoms with Crippen LogP contribution in [0.4, 0.5) is 4.39 Å². The van der Waals surface area contributed by atoms with Gasteiger partial charge in [-0.25, -0.2) is 4.39 Å². The van der Waals surface area contributed by atoms with Gasteiger partial charge < -0.3 is 11.1 Å². The molecule has 0 aromatic heterocycles. The third kappa shape index (κ3) is 4.27. The minimum atomic E-state index is -0.237. The lowest BCUT2D eigenvalue weighted by molar-refractivity contribution is -0.119. The fraction of sp³-hybridized carbons (Fsp3) is 0.300. The summed E-state index contributed by atoms with van der Waals surface area (Å²) in [5.41, 5.74) is 6.56. The molecular weight excluding hydrogens is 219 g/mol. The van der Waals surface area contributed by atoms with Gasteiger partial charge in [0.15, 0.2) is 0 Å². The van der Waals surface area contributed by atoms with Crippen LogP contribution < -0.4 is 11.1 Å². The lowest BCUT2D eigenvalue weighted by Gasteiger charge is -2.04. The maximum absolute atomic E-state index is 12.9. The second kappa shape index (κ2) is 6.37. The minimum Gasteiger partial charge on any atom is -0.351 e. The van der Waals surface area contributed by atoms with E-state index in [-0.39, 0.29) is 30.7 Å². The second-order valence-electron chi connectivity index (χ2n) is 3.06. The maximum atomic E-state index is 12.9. The van der Waals surface area contributed by atoms with Gasteiger partial charge in [0.05, 0.1) is 6.54 Å². The van der Waals surface area contributed by atoms with Crippen LogP contribution in [0, 0.1) is 12.7 Å². The van der Waals surface area contributed by atoms with Crippen molar-refractivity contribution >= 4 is 18.3 Å². The molecule has 0 bridgehead atoms. The van der Waals surface area contributed by atoms with Gasteiger partial charge in [0.2, 0.25) is 5.91 Å². The Kier molecular flexibility index (Phi) is 5.89. The third-order valence-electron chi connectivity index (χ3n) is 1.90. The van der Waals surface area contributed by atoms with Crippen molar-refractivity contribution in [3.05, 3.63) is 35.1 Å². The van der Waals surface area contributed by atoms with E-state index in [1.54, 1.807) is 19.1 Å². The summed E-state index contributed by atoms with van der Waals surface area (Å²) in [5.74, 6) is -0.453. The van der Waals surface area contributed by atoms with E-state index in [0.717, 1.165) is 5.56 Å². The van der Waals surface area contributed by atoms with Gasteiger partial charge in [0.1, 0.15) is 5.82 Å². The molecule has 0 aliphatic heterocycles. The number of benzene rings is 1. The van der Waals surface area contributed by atoms with Crippen LogP contribution in [0.2, 0.25) is 0 Å². The van der Waals surface area contributed by atoms with Gasteiger partial charge in [0.25, 0.3) is 0 Å². The smallest absolute Gasteiger partial charge is 0.234 e. The Morgan fingerprint density at radius 2 is 2.20 bits per heavy atom. The Morgan fingerprint density at radius 1 is 1.53 bits per heavy atom. The van der Waals surface area contributed by atoms with Crippen LogP contribution in [0.3, 0.4) is 0 Å². The Balaban J connectivity index is 0.00000196. The molecule has 1 aromatic carbocycles. The van der Waals surface area contributed by atoms with E-state index >= 15 is 0 Å². The van der Waals surface area contributed by atoms with Crippen molar-refractivity contribution in [1.29, 1.82) is 0 Å². The van der Waals surface area contributed by atoms with E-state index in [4.69, 9.17) is 5.73 Å². The van der Waals surface area contributed by atoms with Crippen molar-refractivity contribution in [3.63, 3.8) is 0 Å². The molecule has 0 aliphatic carbocycles. The fourth-order valence-electron chi connectivity index (χ4n) is 1.09. The molecule has 0 unspecified atom stereocenters. The van der Waals surface area contributed by atoms with Gasteiger partial charge in [-0.05, 0) is 24.1 Å². The van der Waals surface area contributed by atoms with E-state index in [9.17, 15) is 9.18 Å². The molecule has 0 atom stereocenters. The Bertz CT molecular complexity index is 344. The summed E-state index contributed by atoms with van der Waals surface area (Å²) in [6, 6.07) is 4.73. The second-order valence-corrected chi connectivity index (χ2v) is 3.06. The number of hydrogen-bond donors (Lipinski definition) is 2. The molecule has 0 aliphatic rings. The summed E-state index contributed by atoms with van der Waals surface area (Å²) < 4.78 is 12.9. The van der Waals surface area contributed by atoms with Crippen molar-refractivity contribution in [2.45, 2.75) is 13.5 Å². The molecule has 3 N–H and O–H groups in total. The molecule has 1 aromatic rings. The minimum absolute atomic E-state index is 0. The molecule has 0 spiro atoms. The highest BCUT2D eigenvalue weighted by atomic mass is 35.5. The quantitative estimate of drug-likeness (QED) is 0.821. The van der Waals surface area contributed by atoms with Gasteiger partial charge in [-0.1, -0.05) is 12.1 Å². The number of halogens is 2. The van der Waals surface area contributed by atoms with Crippen LogP contribution in [-0.4, -0.2) is 12.5 Å². The first-order chi connectivity index (χ1) is 6.63. The van der Waals surface area contributed by atoms with Gasteiger partial charge >= 0.3 is 0 Å². The Labute approximate surface area is 94.3 Å². The normalized spacial score (nSPS) is 9.27. The summed E-state index contributed by atoms with van der Waals surface area (Å²) in [6.45, 7) is 2.04. The number of nitrogens with one attached hydrogen (secondary N) is 1. The lowest BCUT2D eigenvalue weighted by atomic mass is 10.1. The summed E-state index contributed by atoms with van der Waals surface area (Å²) in [6.07, 6.45) is 0. The molecule has 3 nitrogen and oxygen atoms in total. The molecule has 0 fully saturated rings. The van der Waals surface area contributed by atoms with Crippen molar-refractivity contribution in [1.82, 2.24) is 5.32 Å². The molecule has 84 valence electrons. The van der Waals surface area contributed by atoms with Crippen LogP contribution >= 0.6 is 12.4 Å². The molecule has 0 saturated carbocycles. The Hall–Kier alpha value is -1.13. The monoisotopic (exact) mass is 232 g/mol. The Morgan fingerprint density at radius 3 is 2.73 bits per heavy atom. The summed E-state index contributed by atoms with van der Waals surface area (Å²) in [7, 11) is 0. The highest BCUT2D eigenvalue weighted by molar-refractivity contribution is 5.85. The van der Waals surface area contributed by atoms with Crippen molar-refractivity contribution in [2.75, 3.05) is 6.54 Å². The zero-order chi connectivity index (χ0) is 10.6. The predicted molar refractivity (Wildman–Crippen MR) is 59.3 cm³/mol. The number of carbonyl (C=O) groups is 1. The zero-order valence-electron chi connectivity index (χ0n) is 8.42. The highest BCUT2D eigenvalue weighted by Gasteiger charge is 2.00. The highest BCUT2D eigenvalue weighted by Crippen LogP contribution is 2.08. The number of carbonyl (C=O) groups excluding carboxylic acids is 1. The summed E-state index contributed by atoms with van der Waals surface area (Å²) >= 11 is 0. The average Bonchev–Trinajstić information content (AvgIpc) is 2.19. The first-order valence-electron chi connectivity index (χ1n) is 4.35. The molecule has 5 heteroatoms. The summed E-state index contributed by atoms with van der Waals surface area (Å²) in [4.78, 5) is 10.8. The van der Waals surface area contributed by atoms with Crippen molar-refractivity contribution in [3.8, 4) is 0 Å². The van der Waals surface area contributed by atoms with Crippen LogP contribution in [0.1, 0.15) is 11.1 Å². The molecule has 0 radical (unpaired) electrons. The van der Waals surface area contributed by atoms with E-state index in [0.29, 0.717) is 12.1 Å². The standard InChI is InChI=1S/C10H13FN2O.ClH/c1-7-4-8(2-3-9(7)11)6-13-10(14)5-12;/h2-4H,5-6,12H2,1H3,(H,13,14);1H. The number of aryl methyl sites for hydroxylation is 1. The lowest BCUT2D eigenvalue weighted by Crippen LogP contribution is -2.29. The van der Waals surface area contributed by atoms with Crippen LogP contribution in [0.25, 0.3) is 0 Å². The summed E-state index contributed by atoms with van der Waals surface area (Å²) in [5, 5.41) is 2.61. The maximum Gasteiger partial charge on any atom is 0.234 e. The average molecular weight is 233 g/mol. The van der Waals surface area contributed by atoms with E-state index < -0.39 is 0 Å². The molecule has 15 heavy (non-hydrogen) atoms. The van der Waals surface area contributed by atoms with Crippen molar-refractivity contribution < 1.29 is 9.18 Å². The molecule has 1 amide bonds. The zero-order valence-corrected chi connectivity index (χ0v) is 9.23. The largest absolute Gasteiger partial charge is 0.351 e. The molecule has 0 saturated heterocycles. The van der Waals surface area contributed by atoms with Crippen LogP contribution in [-0.2, 0) is 11.3 Å². The van der Waals surface area contributed by atoms with E-state index in [1.165, 1.54) is 6.07 Å².